The molecule has 0 aromatic rings. The average molecular weight is 219 g/mol. The molecule has 0 amide bonds. The quantitative estimate of drug-likeness (QED) is 0.688. The van der Waals surface area contributed by atoms with Gasteiger partial charge in [-0.2, -0.15) is 11.8 Å². The lowest BCUT2D eigenvalue weighted by Gasteiger charge is -2.27. The predicted octanol–water partition coefficient (Wildman–Crippen LogP) is 2.12. The van der Waals surface area contributed by atoms with Crippen LogP contribution in [0.15, 0.2) is 0 Å². The number of aliphatic hydroxyl groups is 1. The van der Waals surface area contributed by atoms with Gasteiger partial charge in [-0.15, -0.1) is 0 Å². The summed E-state index contributed by atoms with van der Waals surface area (Å²) in [5, 5.41) is 13.3. The van der Waals surface area contributed by atoms with Gasteiger partial charge in [-0.3, -0.25) is 0 Å². The number of hydrogen-bond donors (Lipinski definition) is 2. The van der Waals surface area contributed by atoms with Gasteiger partial charge in [0.25, 0.3) is 0 Å². The van der Waals surface area contributed by atoms with Crippen molar-refractivity contribution < 1.29 is 5.11 Å². The van der Waals surface area contributed by atoms with Gasteiger partial charge in [0, 0.05) is 18.3 Å². The highest BCUT2D eigenvalue weighted by Crippen LogP contribution is 2.11. The Morgan fingerprint density at radius 1 is 1.43 bits per heavy atom. The Balaban J connectivity index is 3.80. The van der Waals surface area contributed by atoms with Crippen LogP contribution in [0, 0.1) is 5.92 Å². The summed E-state index contributed by atoms with van der Waals surface area (Å²) < 4.78 is 0. The largest absolute Gasteiger partial charge is 0.388 e. The Kier molecular flexibility index (Phi) is 6.83. The summed E-state index contributed by atoms with van der Waals surface area (Å²) in [4.78, 5) is 0. The van der Waals surface area contributed by atoms with Crippen LogP contribution in [0.3, 0.4) is 0 Å². The van der Waals surface area contributed by atoms with Gasteiger partial charge in [-0.1, -0.05) is 20.3 Å². The summed E-state index contributed by atoms with van der Waals surface area (Å²) in [6.07, 6.45) is 3.20. The lowest BCUT2D eigenvalue weighted by atomic mass is 10.00. The van der Waals surface area contributed by atoms with E-state index in [-0.39, 0.29) is 0 Å². The van der Waals surface area contributed by atoms with Crippen LogP contribution in [0.2, 0.25) is 0 Å². The van der Waals surface area contributed by atoms with E-state index in [9.17, 15) is 5.11 Å². The first-order chi connectivity index (χ1) is 6.43. The highest BCUT2D eigenvalue weighted by molar-refractivity contribution is 7.98. The highest BCUT2D eigenvalue weighted by atomic mass is 32.2. The summed E-state index contributed by atoms with van der Waals surface area (Å²) in [5.41, 5.74) is -0.582. The molecule has 0 fully saturated rings. The molecule has 0 aliphatic carbocycles. The van der Waals surface area contributed by atoms with Gasteiger partial charge >= 0.3 is 0 Å². The van der Waals surface area contributed by atoms with Crippen LogP contribution in [0.4, 0.5) is 0 Å². The van der Waals surface area contributed by atoms with E-state index in [2.05, 4.69) is 26.1 Å². The van der Waals surface area contributed by atoms with Crippen LogP contribution in [-0.4, -0.2) is 35.3 Å². The van der Waals surface area contributed by atoms with Crippen molar-refractivity contribution in [1.82, 2.24) is 5.32 Å². The van der Waals surface area contributed by atoms with Crippen LogP contribution >= 0.6 is 11.8 Å². The third-order valence-corrected chi connectivity index (χ3v) is 3.67. The third-order valence-electron chi connectivity index (χ3n) is 2.76. The summed E-state index contributed by atoms with van der Waals surface area (Å²) in [7, 11) is 0. The van der Waals surface area contributed by atoms with Crippen molar-refractivity contribution in [1.29, 1.82) is 0 Å². The Morgan fingerprint density at radius 2 is 2.00 bits per heavy atom. The first kappa shape index (κ1) is 14.3. The van der Waals surface area contributed by atoms with Gasteiger partial charge in [0.15, 0.2) is 0 Å². The van der Waals surface area contributed by atoms with Crippen molar-refractivity contribution in [3.05, 3.63) is 0 Å². The van der Waals surface area contributed by atoms with E-state index in [0.29, 0.717) is 18.5 Å². The van der Waals surface area contributed by atoms with Crippen molar-refractivity contribution in [2.75, 3.05) is 18.6 Å². The van der Waals surface area contributed by atoms with Crippen LogP contribution in [0.25, 0.3) is 0 Å². The summed E-state index contributed by atoms with van der Waals surface area (Å²) in [6.45, 7) is 9.19. The Bertz CT molecular complexity index is 150. The molecule has 0 aliphatic heterocycles. The molecular formula is C11H25NOS. The number of nitrogens with one attached hydrogen (secondary N) is 1. The summed E-state index contributed by atoms with van der Waals surface area (Å²) in [6, 6.07) is 0.480. The molecular weight excluding hydrogens is 194 g/mol. The minimum absolute atomic E-state index is 0.480. The summed E-state index contributed by atoms with van der Waals surface area (Å²) in [5.74, 6) is 1.45. The fourth-order valence-electron chi connectivity index (χ4n) is 1.30. The standard InChI is InChI=1S/C11H25NOS/c1-6-9(2)10(3)12-7-11(4,13)8-14-5/h9-10,12-13H,6-8H2,1-5H3. The molecule has 0 aromatic heterocycles. The molecule has 0 aliphatic rings. The number of thioether (sulfide) groups is 1. The number of hydrogen-bond acceptors (Lipinski definition) is 3. The van der Waals surface area contributed by atoms with E-state index in [1.807, 2.05) is 13.2 Å². The fourth-order valence-corrected chi connectivity index (χ4v) is 2.02. The maximum absolute atomic E-state index is 9.93. The van der Waals surface area contributed by atoms with Crippen molar-refractivity contribution in [2.45, 2.75) is 45.8 Å². The molecule has 86 valence electrons. The minimum atomic E-state index is -0.582. The van der Waals surface area contributed by atoms with Crippen molar-refractivity contribution in [3.63, 3.8) is 0 Å². The molecule has 2 nitrogen and oxygen atoms in total. The maximum atomic E-state index is 9.93. The van der Waals surface area contributed by atoms with Gasteiger partial charge in [-0.25, -0.2) is 0 Å². The smallest absolute Gasteiger partial charge is 0.0833 e. The molecule has 0 bridgehead atoms. The zero-order valence-electron chi connectivity index (χ0n) is 10.1. The van der Waals surface area contributed by atoms with E-state index >= 15 is 0 Å². The topological polar surface area (TPSA) is 32.3 Å². The Labute approximate surface area is 92.9 Å². The molecule has 0 rings (SSSR count). The van der Waals surface area contributed by atoms with Crippen molar-refractivity contribution in [3.8, 4) is 0 Å². The molecule has 3 heteroatoms. The molecule has 0 aromatic carbocycles. The van der Waals surface area contributed by atoms with E-state index in [4.69, 9.17) is 0 Å². The van der Waals surface area contributed by atoms with Gasteiger partial charge in [0.2, 0.25) is 0 Å². The average Bonchev–Trinajstić information content (AvgIpc) is 2.13. The SMILES string of the molecule is CCC(C)C(C)NCC(C)(O)CSC. The molecule has 0 radical (unpaired) electrons. The van der Waals surface area contributed by atoms with Gasteiger partial charge in [0.1, 0.15) is 0 Å². The lowest BCUT2D eigenvalue weighted by Crippen LogP contribution is -2.45. The van der Waals surface area contributed by atoms with Gasteiger partial charge in [0.05, 0.1) is 5.60 Å². The lowest BCUT2D eigenvalue weighted by molar-refractivity contribution is 0.0796. The normalized spacial score (nSPS) is 20.1. The molecule has 0 spiro atoms. The molecule has 0 heterocycles. The van der Waals surface area contributed by atoms with Crippen LogP contribution in [0.5, 0.6) is 0 Å². The Hall–Kier alpha value is 0.270. The van der Waals surface area contributed by atoms with Crippen LogP contribution < -0.4 is 5.32 Å². The minimum Gasteiger partial charge on any atom is -0.388 e. The molecule has 2 N–H and O–H groups in total. The van der Waals surface area contributed by atoms with E-state index < -0.39 is 5.60 Å². The fraction of sp³-hybridized carbons (Fsp3) is 1.00. The van der Waals surface area contributed by atoms with Gasteiger partial charge in [-0.05, 0) is 26.0 Å². The van der Waals surface area contributed by atoms with Crippen LogP contribution in [-0.2, 0) is 0 Å². The second-order valence-corrected chi connectivity index (χ2v) is 5.35. The van der Waals surface area contributed by atoms with E-state index in [0.717, 1.165) is 5.75 Å². The predicted molar refractivity (Wildman–Crippen MR) is 65.9 cm³/mol. The van der Waals surface area contributed by atoms with Crippen LogP contribution in [0.1, 0.15) is 34.1 Å². The zero-order valence-corrected chi connectivity index (χ0v) is 10.9. The highest BCUT2D eigenvalue weighted by Gasteiger charge is 2.21. The third kappa shape index (κ3) is 5.89. The molecule has 0 saturated heterocycles. The second-order valence-electron chi connectivity index (χ2n) is 4.49. The van der Waals surface area contributed by atoms with Gasteiger partial charge < -0.3 is 10.4 Å². The molecule has 3 unspecified atom stereocenters. The maximum Gasteiger partial charge on any atom is 0.0833 e. The van der Waals surface area contributed by atoms with E-state index in [1.165, 1.54) is 6.42 Å². The molecule has 0 saturated carbocycles. The first-order valence-electron chi connectivity index (χ1n) is 5.37. The first-order valence-corrected chi connectivity index (χ1v) is 6.77. The van der Waals surface area contributed by atoms with E-state index in [1.54, 1.807) is 11.8 Å². The number of rotatable bonds is 7. The summed E-state index contributed by atoms with van der Waals surface area (Å²) >= 11 is 1.68. The van der Waals surface area contributed by atoms with Crippen molar-refractivity contribution >= 4 is 11.8 Å². The monoisotopic (exact) mass is 219 g/mol. The van der Waals surface area contributed by atoms with Crippen molar-refractivity contribution in [2.24, 2.45) is 5.92 Å². The molecule has 14 heavy (non-hydrogen) atoms. The second kappa shape index (κ2) is 6.70. The molecule has 3 atom stereocenters. The zero-order chi connectivity index (χ0) is 11.2. The Morgan fingerprint density at radius 3 is 2.43 bits per heavy atom.